The van der Waals surface area contributed by atoms with E-state index >= 15 is 0 Å². The number of ether oxygens (including phenoxy) is 2. The summed E-state index contributed by atoms with van der Waals surface area (Å²) in [6.07, 6.45) is 0. The molecule has 2 heterocycles. The van der Waals surface area contributed by atoms with Crippen LogP contribution in [0.3, 0.4) is 0 Å². The molecule has 188 valence electrons. The Hall–Kier alpha value is -4.18. The van der Waals surface area contributed by atoms with Crippen LogP contribution in [0.15, 0.2) is 65.1 Å². The van der Waals surface area contributed by atoms with Gasteiger partial charge in [0.1, 0.15) is 29.3 Å². The molecule has 2 amide bonds. The molecule has 4 aromatic rings. The Morgan fingerprint density at radius 1 is 1.11 bits per heavy atom. The fraction of sp³-hybridized carbons (Fsp3) is 0.308. The highest BCUT2D eigenvalue weighted by Gasteiger charge is 2.36. The molecule has 0 saturated heterocycles. The number of nitrogens with one attached hydrogen (secondary N) is 1. The molecule has 36 heavy (non-hydrogen) atoms. The van der Waals surface area contributed by atoms with Gasteiger partial charge in [0.05, 0.1) is 24.4 Å². The van der Waals surface area contributed by atoms with E-state index in [1.54, 1.807) is 44.4 Å². The number of aryl methyl sites for hydroxylation is 1. The number of para-hydroxylation sites is 3. The number of carbonyl (C=O) groups excluding carboxylic acids is 2. The molecule has 0 saturated carbocycles. The Labute approximate surface area is 208 Å². The minimum atomic E-state index is -1.10. The monoisotopic (exact) mass is 491 g/mol. The maximum atomic E-state index is 14.0. The highest BCUT2D eigenvalue weighted by Crippen LogP contribution is 2.36. The van der Waals surface area contributed by atoms with Crippen molar-refractivity contribution in [1.82, 2.24) is 20.3 Å². The van der Waals surface area contributed by atoms with Gasteiger partial charge >= 0.3 is 0 Å². The molecular formula is C26H29N5O5. The highest BCUT2D eigenvalue weighted by molar-refractivity contribution is 6.02. The summed E-state index contributed by atoms with van der Waals surface area (Å²) in [4.78, 5) is 28.9. The van der Waals surface area contributed by atoms with Crippen LogP contribution in [0.5, 0.6) is 5.75 Å². The van der Waals surface area contributed by atoms with Gasteiger partial charge in [-0.2, -0.15) is 0 Å². The normalized spacial score (nSPS) is 11.9. The average Bonchev–Trinajstić information content (AvgIpc) is 3.49. The minimum Gasteiger partial charge on any atom is -0.492 e. The quantitative estimate of drug-likeness (QED) is 0.321. The van der Waals surface area contributed by atoms with Gasteiger partial charge < -0.3 is 19.2 Å². The number of nitrogens with zero attached hydrogens (tertiary/aromatic N) is 4. The Kier molecular flexibility index (Phi) is 7.96. The summed E-state index contributed by atoms with van der Waals surface area (Å²) in [6.45, 7) is 4.47. The predicted molar refractivity (Wildman–Crippen MR) is 134 cm³/mol. The Morgan fingerprint density at radius 2 is 1.89 bits per heavy atom. The van der Waals surface area contributed by atoms with Crippen LogP contribution in [0, 0.1) is 6.92 Å². The van der Waals surface area contributed by atoms with E-state index in [9.17, 15) is 9.59 Å². The fourth-order valence-corrected chi connectivity index (χ4v) is 3.94. The minimum absolute atomic E-state index is 0.150. The smallest absolute Gasteiger partial charge is 0.251 e. The van der Waals surface area contributed by atoms with E-state index in [4.69, 9.17) is 13.9 Å². The molecular weight excluding hydrogens is 462 g/mol. The molecule has 1 N–H and O–H groups in total. The molecule has 0 aliphatic heterocycles. The lowest BCUT2D eigenvalue weighted by Gasteiger charge is -2.31. The SMILES string of the molecule is CCOc1ccccc1N(C(=O)Cn1nnc2ccccc21)[C@@H](C(=O)NCCOC)c1ccc(C)o1. The summed E-state index contributed by atoms with van der Waals surface area (Å²) < 4.78 is 18.3. The van der Waals surface area contributed by atoms with Gasteiger partial charge in [0, 0.05) is 13.7 Å². The molecule has 1 atom stereocenters. The second-order valence-electron chi connectivity index (χ2n) is 8.04. The van der Waals surface area contributed by atoms with E-state index in [1.807, 2.05) is 37.3 Å². The lowest BCUT2D eigenvalue weighted by Crippen LogP contribution is -2.46. The molecule has 0 fully saturated rings. The van der Waals surface area contributed by atoms with E-state index < -0.39 is 17.9 Å². The lowest BCUT2D eigenvalue weighted by molar-refractivity contribution is -0.127. The maximum absolute atomic E-state index is 14.0. The average molecular weight is 492 g/mol. The van der Waals surface area contributed by atoms with Crippen molar-refractivity contribution in [2.75, 3.05) is 31.8 Å². The van der Waals surface area contributed by atoms with Gasteiger partial charge in [-0.15, -0.1) is 5.10 Å². The summed E-state index contributed by atoms with van der Waals surface area (Å²) in [5, 5.41) is 11.2. The van der Waals surface area contributed by atoms with E-state index in [-0.39, 0.29) is 13.1 Å². The van der Waals surface area contributed by atoms with Crippen molar-refractivity contribution >= 4 is 28.5 Å². The molecule has 2 aromatic heterocycles. The molecule has 0 radical (unpaired) electrons. The molecule has 0 aliphatic rings. The molecule has 10 heteroatoms. The number of anilines is 1. The number of methoxy groups -OCH3 is 1. The van der Waals surface area contributed by atoms with Crippen LogP contribution in [0.2, 0.25) is 0 Å². The third-order valence-corrected chi connectivity index (χ3v) is 5.54. The van der Waals surface area contributed by atoms with Crippen LogP contribution in [0.4, 0.5) is 5.69 Å². The van der Waals surface area contributed by atoms with Gasteiger partial charge in [0.25, 0.3) is 5.91 Å². The first-order chi connectivity index (χ1) is 17.5. The maximum Gasteiger partial charge on any atom is 0.251 e. The number of hydrogen-bond acceptors (Lipinski definition) is 7. The van der Waals surface area contributed by atoms with Crippen LogP contribution in [0.1, 0.15) is 24.5 Å². The Balaban J connectivity index is 1.80. The van der Waals surface area contributed by atoms with Gasteiger partial charge in [-0.1, -0.05) is 29.5 Å². The number of benzene rings is 2. The van der Waals surface area contributed by atoms with Crippen LogP contribution in [-0.4, -0.2) is 53.7 Å². The first-order valence-electron chi connectivity index (χ1n) is 11.7. The van der Waals surface area contributed by atoms with Crippen molar-refractivity contribution < 1.29 is 23.5 Å². The van der Waals surface area contributed by atoms with E-state index in [0.717, 1.165) is 0 Å². The first kappa shape index (κ1) is 24.9. The van der Waals surface area contributed by atoms with Crippen molar-refractivity contribution in [1.29, 1.82) is 0 Å². The van der Waals surface area contributed by atoms with Gasteiger partial charge in [-0.05, 0) is 50.2 Å². The zero-order chi connectivity index (χ0) is 25.5. The molecule has 4 rings (SSSR count). The van der Waals surface area contributed by atoms with Crippen molar-refractivity contribution in [3.8, 4) is 5.75 Å². The summed E-state index contributed by atoms with van der Waals surface area (Å²) in [7, 11) is 1.55. The third kappa shape index (κ3) is 5.38. The van der Waals surface area contributed by atoms with Crippen molar-refractivity contribution in [2.45, 2.75) is 26.4 Å². The Bertz CT molecular complexity index is 1330. The van der Waals surface area contributed by atoms with Crippen molar-refractivity contribution in [3.05, 3.63) is 72.2 Å². The zero-order valence-corrected chi connectivity index (χ0v) is 20.5. The standard InChI is InChI=1S/C26H29N5O5/c1-4-35-22-12-8-7-11-21(22)31(24(32)17-30-20-10-6-5-9-19(20)28-29-30)25(23-14-13-18(2)36-23)26(33)27-15-16-34-3/h5-14,25H,4,15-17H2,1-3H3,(H,27,33)/t25-/m1/s1. The van der Waals surface area contributed by atoms with Gasteiger partial charge in [-0.25, -0.2) is 4.68 Å². The molecule has 10 nitrogen and oxygen atoms in total. The van der Waals surface area contributed by atoms with Crippen LogP contribution < -0.4 is 15.0 Å². The number of fused-ring (bicyclic) bond motifs is 1. The largest absolute Gasteiger partial charge is 0.492 e. The summed E-state index contributed by atoms with van der Waals surface area (Å²) in [5.41, 5.74) is 1.82. The number of hydrogen-bond donors (Lipinski definition) is 1. The van der Waals surface area contributed by atoms with E-state index in [1.165, 1.54) is 9.58 Å². The van der Waals surface area contributed by atoms with Gasteiger partial charge in [0.15, 0.2) is 6.04 Å². The summed E-state index contributed by atoms with van der Waals surface area (Å²) >= 11 is 0. The van der Waals surface area contributed by atoms with Crippen LogP contribution in [-0.2, 0) is 20.9 Å². The van der Waals surface area contributed by atoms with E-state index in [0.29, 0.717) is 47.2 Å². The molecule has 0 spiro atoms. The third-order valence-electron chi connectivity index (χ3n) is 5.54. The summed E-state index contributed by atoms with van der Waals surface area (Å²) in [6, 6.07) is 16.8. The predicted octanol–water partition coefficient (Wildman–Crippen LogP) is 3.27. The number of rotatable bonds is 11. The Morgan fingerprint density at radius 3 is 2.64 bits per heavy atom. The number of aromatic nitrogens is 3. The van der Waals surface area contributed by atoms with Gasteiger partial charge in [0.2, 0.25) is 5.91 Å². The topological polar surface area (TPSA) is 112 Å². The second kappa shape index (κ2) is 11.5. The highest BCUT2D eigenvalue weighted by atomic mass is 16.5. The van der Waals surface area contributed by atoms with Crippen molar-refractivity contribution in [3.63, 3.8) is 0 Å². The van der Waals surface area contributed by atoms with Crippen LogP contribution in [0.25, 0.3) is 11.0 Å². The zero-order valence-electron chi connectivity index (χ0n) is 20.5. The number of carbonyl (C=O) groups is 2. The number of amides is 2. The molecule has 0 aliphatic carbocycles. The fourth-order valence-electron chi connectivity index (χ4n) is 3.94. The summed E-state index contributed by atoms with van der Waals surface area (Å²) in [5.74, 6) is 0.607. The van der Waals surface area contributed by atoms with E-state index in [2.05, 4.69) is 15.6 Å². The van der Waals surface area contributed by atoms with Crippen molar-refractivity contribution in [2.24, 2.45) is 0 Å². The molecule has 0 bridgehead atoms. The number of furan rings is 1. The van der Waals surface area contributed by atoms with Crippen LogP contribution >= 0.6 is 0 Å². The second-order valence-corrected chi connectivity index (χ2v) is 8.04. The lowest BCUT2D eigenvalue weighted by atomic mass is 10.1. The first-order valence-corrected chi connectivity index (χ1v) is 11.7. The molecule has 0 unspecified atom stereocenters. The molecule has 2 aromatic carbocycles. The van der Waals surface area contributed by atoms with Gasteiger partial charge in [-0.3, -0.25) is 14.5 Å².